The van der Waals surface area contributed by atoms with E-state index in [2.05, 4.69) is 22.8 Å². The number of rotatable bonds is 10. The Hall–Kier alpha value is -2.56. The lowest BCUT2D eigenvalue weighted by Crippen LogP contribution is -2.42. The van der Waals surface area contributed by atoms with Gasteiger partial charge in [-0.2, -0.15) is 13.2 Å². The molecule has 0 saturated heterocycles. The third kappa shape index (κ3) is 7.09. The first-order valence-electron chi connectivity index (χ1n) is 12.5. The standard InChI is InChI=1S/C26H28Cl2F3N3O4/c27-19-12-16(26(29,30)31)13-20(28)22(19)24(35)34-21(25(36)37)7-9-38-18-10-14(11-18)3-5-17-6-4-15-2-1-8-32-23(15)33-17/h4,6,12-14,18,21H,1-3,5,7-11H2,(H,32,33)(H,34,35)(H,36,37)/t14-,18+,21?. The molecule has 3 N–H and O–H groups in total. The van der Waals surface area contributed by atoms with Crippen LogP contribution in [0.2, 0.25) is 10.0 Å². The average molecular weight is 574 g/mol. The molecule has 2 aliphatic rings. The molecule has 1 aliphatic heterocycles. The lowest BCUT2D eigenvalue weighted by Gasteiger charge is -2.35. The number of aryl methyl sites for hydroxylation is 2. The number of anilines is 1. The van der Waals surface area contributed by atoms with Crippen LogP contribution < -0.4 is 10.6 Å². The van der Waals surface area contributed by atoms with Crippen molar-refractivity contribution >= 4 is 40.9 Å². The molecule has 0 spiro atoms. The fraction of sp³-hybridized carbons (Fsp3) is 0.500. The molecule has 1 fully saturated rings. The highest BCUT2D eigenvalue weighted by Gasteiger charge is 2.34. The van der Waals surface area contributed by atoms with Crippen molar-refractivity contribution < 1.29 is 32.6 Å². The van der Waals surface area contributed by atoms with Crippen LogP contribution >= 0.6 is 23.2 Å². The molecule has 1 atom stereocenters. The van der Waals surface area contributed by atoms with Gasteiger partial charge in [-0.1, -0.05) is 29.3 Å². The number of ether oxygens (including phenoxy) is 1. The zero-order valence-corrected chi connectivity index (χ0v) is 21.9. The minimum atomic E-state index is -4.70. The van der Waals surface area contributed by atoms with Gasteiger partial charge in [0.05, 0.1) is 27.3 Å². The number of fused-ring (bicyclic) bond motifs is 1. The highest BCUT2D eigenvalue weighted by Crippen LogP contribution is 2.36. The molecule has 38 heavy (non-hydrogen) atoms. The number of carboxylic acid groups (broad SMARTS) is 1. The Kier molecular flexibility index (Phi) is 9.05. The molecule has 1 aromatic carbocycles. The number of carbonyl (C=O) groups excluding carboxylic acids is 1. The highest BCUT2D eigenvalue weighted by atomic mass is 35.5. The van der Waals surface area contributed by atoms with Gasteiger partial charge in [0.15, 0.2) is 0 Å². The minimum absolute atomic E-state index is 0.0158. The predicted molar refractivity (Wildman–Crippen MR) is 137 cm³/mol. The van der Waals surface area contributed by atoms with E-state index >= 15 is 0 Å². The van der Waals surface area contributed by atoms with Gasteiger partial charge in [0, 0.05) is 25.3 Å². The lowest BCUT2D eigenvalue weighted by molar-refractivity contribution is -0.140. The lowest BCUT2D eigenvalue weighted by atomic mass is 9.79. The maximum Gasteiger partial charge on any atom is 0.416 e. The molecule has 2 heterocycles. The van der Waals surface area contributed by atoms with Gasteiger partial charge < -0.3 is 20.5 Å². The molecule has 4 rings (SSSR count). The Morgan fingerprint density at radius 2 is 1.92 bits per heavy atom. The van der Waals surface area contributed by atoms with Crippen LogP contribution in [-0.4, -0.2) is 47.3 Å². The quantitative estimate of drug-likeness (QED) is 0.334. The SMILES string of the molecule is O=C(NC(CCO[C@H]1C[C@@H](CCc2ccc3c(n2)NCCC3)C1)C(=O)O)c1c(Cl)cc(C(F)(F)F)cc1Cl. The van der Waals surface area contributed by atoms with Crippen molar-refractivity contribution in [3.63, 3.8) is 0 Å². The summed E-state index contributed by atoms with van der Waals surface area (Å²) in [4.78, 5) is 28.9. The van der Waals surface area contributed by atoms with Crippen molar-refractivity contribution in [2.75, 3.05) is 18.5 Å². The molecule has 0 bridgehead atoms. The maximum absolute atomic E-state index is 12.9. The van der Waals surface area contributed by atoms with Crippen LogP contribution in [0.1, 0.15) is 59.3 Å². The second kappa shape index (κ2) is 12.1. The molecule has 1 saturated carbocycles. The number of pyridine rings is 1. The Bertz CT molecular complexity index is 1170. The number of hydrogen-bond donors (Lipinski definition) is 3. The summed E-state index contributed by atoms with van der Waals surface area (Å²) < 4.78 is 44.5. The van der Waals surface area contributed by atoms with Crippen LogP contribution in [0, 0.1) is 5.92 Å². The van der Waals surface area contributed by atoms with Crippen molar-refractivity contribution in [2.45, 2.75) is 63.3 Å². The summed E-state index contributed by atoms with van der Waals surface area (Å²) >= 11 is 11.7. The van der Waals surface area contributed by atoms with E-state index in [1.165, 1.54) is 5.56 Å². The summed E-state index contributed by atoms with van der Waals surface area (Å²) in [6.07, 6.45) is 1.08. The molecule has 1 amide bonds. The number of benzene rings is 1. The van der Waals surface area contributed by atoms with E-state index < -0.39 is 45.3 Å². The number of nitrogens with one attached hydrogen (secondary N) is 2. The summed E-state index contributed by atoms with van der Waals surface area (Å²) in [6.45, 7) is 1.05. The van der Waals surface area contributed by atoms with E-state index in [1.807, 2.05) is 0 Å². The maximum atomic E-state index is 12.9. The fourth-order valence-corrected chi connectivity index (χ4v) is 5.36. The summed E-state index contributed by atoms with van der Waals surface area (Å²) in [7, 11) is 0. The Balaban J connectivity index is 1.20. The minimum Gasteiger partial charge on any atom is -0.480 e. The highest BCUT2D eigenvalue weighted by molar-refractivity contribution is 6.39. The molecule has 2 aromatic rings. The van der Waals surface area contributed by atoms with E-state index in [-0.39, 0.29) is 19.1 Å². The van der Waals surface area contributed by atoms with Gasteiger partial charge in [-0.05, 0) is 68.2 Å². The monoisotopic (exact) mass is 573 g/mol. The van der Waals surface area contributed by atoms with Crippen molar-refractivity contribution in [2.24, 2.45) is 5.92 Å². The molecular weight excluding hydrogens is 546 g/mol. The number of carbonyl (C=O) groups is 2. The molecule has 1 unspecified atom stereocenters. The summed E-state index contributed by atoms with van der Waals surface area (Å²) in [6, 6.07) is 4.06. The van der Waals surface area contributed by atoms with E-state index in [9.17, 15) is 27.9 Å². The van der Waals surface area contributed by atoms with Gasteiger partial charge in [-0.3, -0.25) is 4.79 Å². The van der Waals surface area contributed by atoms with Crippen LogP contribution in [0.3, 0.4) is 0 Å². The molecule has 0 radical (unpaired) electrons. The first-order chi connectivity index (χ1) is 18.0. The molecule has 1 aliphatic carbocycles. The number of carboxylic acids is 1. The zero-order chi connectivity index (χ0) is 27.4. The fourth-order valence-electron chi connectivity index (χ4n) is 4.70. The number of nitrogens with zero attached hydrogens (tertiary/aromatic N) is 1. The molecule has 1 aromatic heterocycles. The molecule has 206 valence electrons. The summed E-state index contributed by atoms with van der Waals surface area (Å²) in [5.41, 5.74) is 0.802. The Labute approximate surface area is 228 Å². The van der Waals surface area contributed by atoms with Crippen molar-refractivity contribution in [3.05, 3.63) is 56.7 Å². The summed E-state index contributed by atoms with van der Waals surface area (Å²) in [5.74, 6) is -0.785. The van der Waals surface area contributed by atoms with Crippen molar-refractivity contribution in [3.8, 4) is 0 Å². The van der Waals surface area contributed by atoms with Gasteiger partial charge in [-0.15, -0.1) is 0 Å². The Morgan fingerprint density at radius 1 is 1.21 bits per heavy atom. The Morgan fingerprint density at radius 3 is 2.58 bits per heavy atom. The van der Waals surface area contributed by atoms with Crippen molar-refractivity contribution in [1.29, 1.82) is 0 Å². The zero-order valence-electron chi connectivity index (χ0n) is 20.4. The van der Waals surface area contributed by atoms with Crippen LogP contribution in [-0.2, 0) is 28.5 Å². The van der Waals surface area contributed by atoms with Crippen LogP contribution in [0.5, 0.6) is 0 Å². The van der Waals surface area contributed by atoms with Gasteiger partial charge >= 0.3 is 12.1 Å². The predicted octanol–water partition coefficient (Wildman–Crippen LogP) is 5.77. The number of alkyl halides is 3. The van der Waals surface area contributed by atoms with E-state index in [0.29, 0.717) is 18.1 Å². The summed E-state index contributed by atoms with van der Waals surface area (Å²) in [5, 5.41) is 14.1. The van der Waals surface area contributed by atoms with Gasteiger partial charge in [0.1, 0.15) is 11.9 Å². The van der Waals surface area contributed by atoms with Gasteiger partial charge in [-0.25, -0.2) is 9.78 Å². The van der Waals surface area contributed by atoms with Crippen LogP contribution in [0.25, 0.3) is 0 Å². The first kappa shape index (κ1) is 28.4. The number of amides is 1. The van der Waals surface area contributed by atoms with Crippen LogP contribution in [0.4, 0.5) is 19.0 Å². The van der Waals surface area contributed by atoms with E-state index in [4.69, 9.17) is 32.9 Å². The third-order valence-electron chi connectivity index (χ3n) is 6.91. The molecule has 12 heteroatoms. The number of aliphatic carboxylic acids is 1. The second-order valence-corrected chi connectivity index (χ2v) is 10.5. The smallest absolute Gasteiger partial charge is 0.416 e. The largest absolute Gasteiger partial charge is 0.480 e. The normalized spacial score (nSPS) is 19.6. The topological polar surface area (TPSA) is 101 Å². The average Bonchev–Trinajstić information content (AvgIpc) is 2.82. The van der Waals surface area contributed by atoms with Gasteiger partial charge in [0.25, 0.3) is 5.91 Å². The number of halogens is 5. The molecule has 7 nitrogen and oxygen atoms in total. The number of aromatic nitrogens is 1. The third-order valence-corrected chi connectivity index (χ3v) is 7.51. The second-order valence-electron chi connectivity index (χ2n) is 9.68. The van der Waals surface area contributed by atoms with E-state index in [0.717, 1.165) is 56.6 Å². The van der Waals surface area contributed by atoms with Gasteiger partial charge in [0.2, 0.25) is 0 Å². The van der Waals surface area contributed by atoms with Crippen LogP contribution in [0.15, 0.2) is 24.3 Å². The number of hydrogen-bond acceptors (Lipinski definition) is 5. The van der Waals surface area contributed by atoms with Crippen molar-refractivity contribution in [1.82, 2.24) is 10.3 Å². The molecular formula is C26H28Cl2F3N3O4. The van der Waals surface area contributed by atoms with E-state index in [1.54, 1.807) is 0 Å². The first-order valence-corrected chi connectivity index (χ1v) is 13.2.